The highest BCUT2D eigenvalue weighted by atomic mass is 79.9. The first-order chi connectivity index (χ1) is 9.67. The molecule has 1 heterocycles. The Kier molecular flexibility index (Phi) is 5.40. The number of ether oxygens (including phenoxy) is 1. The number of hydrogen-bond acceptors (Lipinski definition) is 3. The topological polar surface area (TPSA) is 34.4 Å². The number of aryl methyl sites for hydroxylation is 1. The zero-order valence-electron chi connectivity index (χ0n) is 12.1. The Labute approximate surface area is 128 Å². The maximum Gasteiger partial charge on any atom is 0.129 e. The second-order valence-electron chi connectivity index (χ2n) is 4.71. The number of benzene rings is 1. The number of hydrogen-bond donors (Lipinski definition) is 1. The molecule has 0 spiro atoms. The van der Waals surface area contributed by atoms with Gasteiger partial charge in [0.2, 0.25) is 0 Å². The first-order valence-corrected chi connectivity index (χ1v) is 7.52. The molecule has 3 nitrogen and oxygen atoms in total. The van der Waals surface area contributed by atoms with Gasteiger partial charge >= 0.3 is 0 Å². The van der Waals surface area contributed by atoms with Gasteiger partial charge in [0.1, 0.15) is 18.1 Å². The van der Waals surface area contributed by atoms with Gasteiger partial charge in [0.15, 0.2) is 0 Å². The van der Waals surface area contributed by atoms with Crippen molar-refractivity contribution in [3.05, 3.63) is 57.5 Å². The zero-order valence-corrected chi connectivity index (χ0v) is 13.7. The second kappa shape index (κ2) is 7.07. The number of furan rings is 1. The molecule has 2 aromatic rings. The summed E-state index contributed by atoms with van der Waals surface area (Å²) in [4.78, 5) is 0. The molecule has 1 aromatic heterocycles. The summed E-state index contributed by atoms with van der Waals surface area (Å²) in [6.45, 7) is 5.55. The van der Waals surface area contributed by atoms with Crippen LogP contribution in [-0.4, -0.2) is 13.7 Å². The molecule has 1 unspecified atom stereocenters. The van der Waals surface area contributed by atoms with Crippen LogP contribution in [0, 0.1) is 6.92 Å². The Morgan fingerprint density at radius 1 is 1.30 bits per heavy atom. The standard InChI is InChI=1S/C16H20BrNO2/c1-4-18-16(13-7-5-6-11(2)15(13)17)14-9-8-12(20-14)10-19-3/h5-9,16,18H,4,10H2,1-3H3. The van der Waals surface area contributed by atoms with Crippen molar-refractivity contribution < 1.29 is 9.15 Å². The van der Waals surface area contributed by atoms with Crippen LogP contribution in [-0.2, 0) is 11.3 Å². The third kappa shape index (κ3) is 3.32. The minimum atomic E-state index is 0.0416. The molecule has 1 atom stereocenters. The largest absolute Gasteiger partial charge is 0.462 e. The maximum atomic E-state index is 5.88. The van der Waals surface area contributed by atoms with Crippen molar-refractivity contribution in [2.45, 2.75) is 26.5 Å². The highest BCUT2D eigenvalue weighted by Crippen LogP contribution is 2.31. The maximum absolute atomic E-state index is 5.88. The highest BCUT2D eigenvalue weighted by Gasteiger charge is 2.20. The first-order valence-electron chi connectivity index (χ1n) is 6.73. The lowest BCUT2D eigenvalue weighted by molar-refractivity contribution is 0.162. The molecule has 0 bridgehead atoms. The van der Waals surface area contributed by atoms with Crippen LogP contribution in [0.3, 0.4) is 0 Å². The van der Waals surface area contributed by atoms with E-state index in [2.05, 4.69) is 53.3 Å². The fourth-order valence-corrected chi connectivity index (χ4v) is 2.72. The Hall–Kier alpha value is -1.10. The Morgan fingerprint density at radius 3 is 2.80 bits per heavy atom. The summed E-state index contributed by atoms with van der Waals surface area (Å²) in [5.74, 6) is 1.75. The van der Waals surface area contributed by atoms with Gasteiger partial charge in [0.05, 0.1) is 6.04 Å². The van der Waals surface area contributed by atoms with E-state index in [1.165, 1.54) is 11.1 Å². The van der Waals surface area contributed by atoms with Gasteiger partial charge in [-0.25, -0.2) is 0 Å². The van der Waals surface area contributed by atoms with Crippen LogP contribution in [0.15, 0.2) is 39.2 Å². The Morgan fingerprint density at radius 2 is 2.10 bits per heavy atom. The van der Waals surface area contributed by atoms with Gasteiger partial charge in [-0.1, -0.05) is 41.1 Å². The van der Waals surface area contributed by atoms with E-state index in [1.807, 2.05) is 12.1 Å². The Balaban J connectivity index is 2.36. The van der Waals surface area contributed by atoms with E-state index in [4.69, 9.17) is 9.15 Å². The molecule has 20 heavy (non-hydrogen) atoms. The van der Waals surface area contributed by atoms with Gasteiger partial charge < -0.3 is 14.5 Å². The molecule has 4 heteroatoms. The molecule has 0 amide bonds. The molecule has 0 fully saturated rings. The SMILES string of the molecule is CCNC(c1ccc(COC)o1)c1cccc(C)c1Br. The van der Waals surface area contributed by atoms with E-state index >= 15 is 0 Å². The molecule has 0 saturated carbocycles. The van der Waals surface area contributed by atoms with Crippen molar-refractivity contribution in [1.29, 1.82) is 0 Å². The summed E-state index contributed by atoms with van der Waals surface area (Å²) in [6.07, 6.45) is 0. The molecule has 0 aliphatic rings. The van der Waals surface area contributed by atoms with Crippen LogP contribution < -0.4 is 5.32 Å². The van der Waals surface area contributed by atoms with Crippen molar-refractivity contribution >= 4 is 15.9 Å². The van der Waals surface area contributed by atoms with Gasteiger partial charge in [-0.2, -0.15) is 0 Å². The summed E-state index contributed by atoms with van der Waals surface area (Å²) in [5.41, 5.74) is 2.40. The molecule has 1 aromatic carbocycles. The smallest absolute Gasteiger partial charge is 0.129 e. The fourth-order valence-electron chi connectivity index (χ4n) is 2.23. The molecular formula is C16H20BrNO2. The molecular weight excluding hydrogens is 318 g/mol. The monoisotopic (exact) mass is 337 g/mol. The summed E-state index contributed by atoms with van der Waals surface area (Å²) in [7, 11) is 1.67. The third-order valence-electron chi connectivity index (χ3n) is 3.19. The van der Waals surface area contributed by atoms with Crippen LogP contribution >= 0.6 is 15.9 Å². The highest BCUT2D eigenvalue weighted by molar-refractivity contribution is 9.10. The third-order valence-corrected chi connectivity index (χ3v) is 4.28. The van der Waals surface area contributed by atoms with Crippen molar-refractivity contribution in [3.63, 3.8) is 0 Å². The summed E-state index contributed by atoms with van der Waals surface area (Å²) in [6, 6.07) is 10.3. The van der Waals surface area contributed by atoms with Crippen molar-refractivity contribution in [2.75, 3.05) is 13.7 Å². The predicted molar refractivity (Wildman–Crippen MR) is 83.8 cm³/mol. The van der Waals surface area contributed by atoms with Gasteiger partial charge in [-0.05, 0) is 36.7 Å². The van der Waals surface area contributed by atoms with Gasteiger partial charge in [0, 0.05) is 11.6 Å². The summed E-state index contributed by atoms with van der Waals surface area (Å²) < 4.78 is 12.1. The van der Waals surface area contributed by atoms with Crippen LogP contribution in [0.1, 0.15) is 35.6 Å². The van der Waals surface area contributed by atoms with E-state index in [1.54, 1.807) is 7.11 Å². The second-order valence-corrected chi connectivity index (χ2v) is 5.50. The predicted octanol–water partition coefficient (Wildman–Crippen LogP) is 4.20. The van der Waals surface area contributed by atoms with Crippen LogP contribution in [0.5, 0.6) is 0 Å². The van der Waals surface area contributed by atoms with Gasteiger partial charge in [0.25, 0.3) is 0 Å². The molecule has 0 radical (unpaired) electrons. The normalized spacial score (nSPS) is 12.6. The number of nitrogens with one attached hydrogen (secondary N) is 1. The van der Waals surface area contributed by atoms with Crippen LogP contribution in [0.4, 0.5) is 0 Å². The van der Waals surface area contributed by atoms with E-state index in [0.717, 1.165) is 22.5 Å². The first kappa shape index (κ1) is 15.3. The number of halogens is 1. The van der Waals surface area contributed by atoms with E-state index in [-0.39, 0.29) is 6.04 Å². The fraction of sp³-hybridized carbons (Fsp3) is 0.375. The molecule has 0 aliphatic heterocycles. The van der Waals surface area contributed by atoms with Crippen molar-refractivity contribution in [3.8, 4) is 0 Å². The van der Waals surface area contributed by atoms with Gasteiger partial charge in [-0.15, -0.1) is 0 Å². The lowest BCUT2D eigenvalue weighted by atomic mass is 10.0. The number of methoxy groups -OCH3 is 1. The lowest BCUT2D eigenvalue weighted by Gasteiger charge is -2.18. The van der Waals surface area contributed by atoms with Crippen LogP contribution in [0.2, 0.25) is 0 Å². The summed E-state index contributed by atoms with van der Waals surface area (Å²) in [5, 5.41) is 3.47. The molecule has 108 valence electrons. The number of rotatable bonds is 6. The average molecular weight is 338 g/mol. The average Bonchev–Trinajstić information content (AvgIpc) is 2.88. The van der Waals surface area contributed by atoms with E-state index < -0.39 is 0 Å². The van der Waals surface area contributed by atoms with E-state index in [9.17, 15) is 0 Å². The summed E-state index contributed by atoms with van der Waals surface area (Å²) >= 11 is 3.68. The molecule has 1 N–H and O–H groups in total. The van der Waals surface area contributed by atoms with Crippen molar-refractivity contribution in [2.24, 2.45) is 0 Å². The zero-order chi connectivity index (χ0) is 14.5. The van der Waals surface area contributed by atoms with Crippen LogP contribution in [0.25, 0.3) is 0 Å². The lowest BCUT2D eigenvalue weighted by Crippen LogP contribution is -2.22. The molecule has 0 aliphatic carbocycles. The molecule has 2 rings (SSSR count). The molecule has 0 saturated heterocycles. The van der Waals surface area contributed by atoms with Crippen molar-refractivity contribution in [1.82, 2.24) is 5.32 Å². The van der Waals surface area contributed by atoms with E-state index in [0.29, 0.717) is 6.61 Å². The minimum Gasteiger partial charge on any atom is -0.462 e. The minimum absolute atomic E-state index is 0.0416. The Bertz CT molecular complexity index is 565. The quantitative estimate of drug-likeness (QED) is 0.857. The van der Waals surface area contributed by atoms with Gasteiger partial charge in [-0.3, -0.25) is 0 Å².